The van der Waals surface area contributed by atoms with Crippen molar-refractivity contribution in [1.82, 2.24) is 0 Å². The van der Waals surface area contributed by atoms with E-state index in [9.17, 15) is 70.7 Å². The molecule has 0 unspecified atom stereocenters. The molecular formula is C14H11F15O2. The Morgan fingerprint density at radius 2 is 1.06 bits per heavy atom. The summed E-state index contributed by atoms with van der Waals surface area (Å²) in [5, 5.41) is 0. The van der Waals surface area contributed by atoms with Crippen LogP contribution in [0.4, 0.5) is 65.9 Å². The average molecular weight is 496 g/mol. The van der Waals surface area contributed by atoms with Crippen molar-refractivity contribution in [1.29, 1.82) is 0 Å². The molecule has 0 spiro atoms. The molecule has 0 saturated heterocycles. The molecule has 0 saturated carbocycles. The lowest BCUT2D eigenvalue weighted by Crippen LogP contribution is -2.68. The smallest absolute Gasteiger partial charge is 0.453 e. The van der Waals surface area contributed by atoms with E-state index in [2.05, 4.69) is 11.3 Å². The second-order valence-electron chi connectivity index (χ2n) is 6.18. The molecule has 0 rings (SSSR count). The van der Waals surface area contributed by atoms with Gasteiger partial charge in [0.05, 0.1) is 19.4 Å². The van der Waals surface area contributed by atoms with Crippen molar-refractivity contribution in [3.05, 3.63) is 12.2 Å². The Bertz CT molecular complexity index is 678. The number of ether oxygens (including phenoxy) is 1. The van der Waals surface area contributed by atoms with Gasteiger partial charge in [-0.3, -0.25) is 0 Å². The molecule has 0 aliphatic rings. The van der Waals surface area contributed by atoms with Crippen molar-refractivity contribution < 1.29 is 75.4 Å². The van der Waals surface area contributed by atoms with Crippen LogP contribution in [0.5, 0.6) is 0 Å². The first kappa shape index (κ1) is 29.2. The lowest BCUT2D eigenvalue weighted by molar-refractivity contribution is -0.412. The monoisotopic (exact) mass is 496 g/mol. The lowest BCUT2D eigenvalue weighted by atomic mass is 9.90. The lowest BCUT2D eigenvalue weighted by Gasteiger charge is -2.40. The van der Waals surface area contributed by atoms with Gasteiger partial charge in [0.25, 0.3) is 0 Å². The molecule has 0 aliphatic carbocycles. The molecule has 0 fully saturated rings. The van der Waals surface area contributed by atoms with E-state index < -0.39 is 72.7 Å². The molecule has 0 aromatic carbocycles. The van der Waals surface area contributed by atoms with Crippen LogP contribution in [0.1, 0.15) is 19.8 Å². The van der Waals surface area contributed by atoms with Gasteiger partial charge in [-0.15, -0.1) is 0 Å². The molecule has 0 atom stereocenters. The Morgan fingerprint density at radius 3 is 1.42 bits per heavy atom. The summed E-state index contributed by atoms with van der Waals surface area (Å²) in [6.45, 7) is 1.99. The van der Waals surface area contributed by atoms with Gasteiger partial charge in [0, 0.05) is 5.57 Å². The van der Waals surface area contributed by atoms with E-state index in [1.165, 1.54) is 0 Å². The molecule has 17 heteroatoms. The minimum atomic E-state index is -7.84. The zero-order chi connectivity index (χ0) is 25.5. The number of esters is 1. The first-order chi connectivity index (χ1) is 13.3. The van der Waals surface area contributed by atoms with Crippen molar-refractivity contribution in [3.8, 4) is 0 Å². The van der Waals surface area contributed by atoms with Crippen molar-refractivity contribution in [2.24, 2.45) is 0 Å². The van der Waals surface area contributed by atoms with Crippen LogP contribution in [0.2, 0.25) is 0 Å². The number of hydrogen-bond acceptors (Lipinski definition) is 2. The van der Waals surface area contributed by atoms with Gasteiger partial charge >= 0.3 is 47.7 Å². The van der Waals surface area contributed by atoms with Gasteiger partial charge in [-0.05, 0) is 6.92 Å². The summed E-state index contributed by atoms with van der Waals surface area (Å²) in [6.07, 6.45) is -14.1. The van der Waals surface area contributed by atoms with Crippen molar-refractivity contribution in [2.45, 2.75) is 61.5 Å². The highest BCUT2D eigenvalue weighted by Gasteiger charge is 2.87. The van der Waals surface area contributed by atoms with Gasteiger partial charge in [0.15, 0.2) is 0 Å². The molecule has 0 radical (unpaired) electrons. The maximum atomic E-state index is 13.5. The fourth-order valence-corrected chi connectivity index (χ4v) is 1.70. The fourth-order valence-electron chi connectivity index (χ4n) is 1.70. The largest absolute Gasteiger partial charge is 0.462 e. The van der Waals surface area contributed by atoms with Gasteiger partial charge in [-0.1, -0.05) is 6.58 Å². The SMILES string of the molecule is C=C(C)C(=O)OCCC(F)(F)C(F)(F)C(F)(F)C(F)(F)C(F)(F)CC(F)(F)C(F)(F)F. The first-order valence-corrected chi connectivity index (χ1v) is 7.45. The minimum absolute atomic E-state index is 0.503. The molecular weight excluding hydrogens is 485 g/mol. The van der Waals surface area contributed by atoms with Gasteiger partial charge in [0.2, 0.25) is 0 Å². The topological polar surface area (TPSA) is 26.3 Å². The van der Waals surface area contributed by atoms with Crippen molar-refractivity contribution in [2.75, 3.05) is 6.61 Å². The van der Waals surface area contributed by atoms with E-state index in [1.807, 2.05) is 0 Å². The van der Waals surface area contributed by atoms with E-state index >= 15 is 0 Å². The third-order valence-electron chi connectivity index (χ3n) is 3.56. The Hall–Kier alpha value is -1.84. The maximum Gasteiger partial charge on any atom is 0.453 e. The van der Waals surface area contributed by atoms with Gasteiger partial charge in [0.1, 0.15) is 0 Å². The summed E-state index contributed by atoms with van der Waals surface area (Å²) in [4.78, 5) is 10.9. The minimum Gasteiger partial charge on any atom is -0.462 e. The molecule has 184 valence electrons. The average Bonchev–Trinajstić information content (AvgIpc) is 2.51. The fraction of sp³-hybridized carbons (Fsp3) is 0.786. The van der Waals surface area contributed by atoms with Crippen LogP contribution in [0.15, 0.2) is 12.2 Å². The van der Waals surface area contributed by atoms with Gasteiger partial charge < -0.3 is 4.74 Å². The molecule has 0 aromatic heterocycles. The van der Waals surface area contributed by atoms with E-state index in [0.717, 1.165) is 6.92 Å². The highest BCUT2D eigenvalue weighted by Crippen LogP contribution is 2.60. The maximum absolute atomic E-state index is 13.5. The highest BCUT2D eigenvalue weighted by atomic mass is 19.4. The Morgan fingerprint density at radius 1 is 0.677 bits per heavy atom. The molecule has 0 aromatic rings. The number of rotatable bonds is 10. The highest BCUT2D eigenvalue weighted by molar-refractivity contribution is 5.86. The molecule has 0 amide bonds. The third kappa shape index (κ3) is 5.32. The van der Waals surface area contributed by atoms with Crippen LogP contribution in [0, 0.1) is 0 Å². The second-order valence-corrected chi connectivity index (χ2v) is 6.18. The van der Waals surface area contributed by atoms with Crippen LogP contribution >= 0.6 is 0 Å². The Labute approximate surface area is 163 Å². The van der Waals surface area contributed by atoms with Gasteiger partial charge in [-0.25, -0.2) is 4.79 Å². The standard InChI is InChI=1S/C14H11F15O2/c1-6(2)7(30)31-4-3-8(15,16)11(21,22)13(25,26)12(23,24)9(17,18)5-10(19,20)14(27,28)29/h1,3-5H2,2H3. The zero-order valence-electron chi connectivity index (χ0n) is 14.8. The summed E-state index contributed by atoms with van der Waals surface area (Å²) in [5.41, 5.74) is -0.503. The van der Waals surface area contributed by atoms with Crippen LogP contribution in [0.3, 0.4) is 0 Å². The molecule has 0 N–H and O–H groups in total. The third-order valence-corrected chi connectivity index (χ3v) is 3.56. The second kappa shape index (κ2) is 8.26. The zero-order valence-corrected chi connectivity index (χ0v) is 14.8. The van der Waals surface area contributed by atoms with Crippen molar-refractivity contribution >= 4 is 5.97 Å². The summed E-state index contributed by atoms with van der Waals surface area (Å²) in [5.74, 6) is -44.9. The van der Waals surface area contributed by atoms with E-state index in [-0.39, 0.29) is 0 Å². The number of carbonyl (C=O) groups is 1. The normalized spacial score (nSPS) is 15.1. The van der Waals surface area contributed by atoms with E-state index in [0.29, 0.717) is 0 Å². The summed E-state index contributed by atoms with van der Waals surface area (Å²) in [7, 11) is 0. The molecule has 31 heavy (non-hydrogen) atoms. The number of alkyl halides is 15. The summed E-state index contributed by atoms with van der Waals surface area (Å²) < 4.78 is 199. The number of halogens is 15. The van der Waals surface area contributed by atoms with E-state index in [1.54, 1.807) is 0 Å². The molecule has 0 bridgehead atoms. The van der Waals surface area contributed by atoms with Crippen LogP contribution in [0.25, 0.3) is 0 Å². The Balaban J connectivity index is 5.95. The van der Waals surface area contributed by atoms with Crippen LogP contribution < -0.4 is 0 Å². The van der Waals surface area contributed by atoms with Crippen LogP contribution in [-0.2, 0) is 9.53 Å². The van der Waals surface area contributed by atoms with Gasteiger partial charge in [-0.2, -0.15) is 65.9 Å². The molecule has 0 aliphatic heterocycles. The number of carbonyl (C=O) groups excluding carboxylic acids is 1. The Kier molecular flexibility index (Phi) is 7.77. The van der Waals surface area contributed by atoms with Crippen molar-refractivity contribution in [3.63, 3.8) is 0 Å². The number of hydrogen-bond donors (Lipinski definition) is 0. The summed E-state index contributed by atoms with van der Waals surface area (Å²) in [6, 6.07) is 0. The molecule has 2 nitrogen and oxygen atoms in total. The van der Waals surface area contributed by atoms with E-state index in [4.69, 9.17) is 0 Å². The predicted molar refractivity (Wildman–Crippen MR) is 70.7 cm³/mol. The molecule has 0 heterocycles. The first-order valence-electron chi connectivity index (χ1n) is 7.45. The quantitative estimate of drug-likeness (QED) is 0.203. The summed E-state index contributed by atoms with van der Waals surface area (Å²) >= 11 is 0. The predicted octanol–water partition coefficient (Wildman–Crippen LogP) is 6.26. The van der Waals surface area contributed by atoms with Crippen LogP contribution in [-0.4, -0.2) is 54.3 Å².